The summed E-state index contributed by atoms with van der Waals surface area (Å²) in [5.41, 5.74) is -0.851. The van der Waals surface area contributed by atoms with E-state index in [-0.39, 0.29) is 19.1 Å². The third kappa shape index (κ3) is 9.85. The summed E-state index contributed by atoms with van der Waals surface area (Å²) in [5, 5.41) is 7.00. The number of carbonyl (C=O) groups is 1. The molecule has 0 unspecified atom stereocenters. The smallest absolute Gasteiger partial charge is 0.416 e. The second-order valence-corrected chi connectivity index (χ2v) is 5.90. The first-order chi connectivity index (χ1) is 12.3. The minimum atomic E-state index is -4.52. The SMILES string of the molecule is CCOCN(C)Sc1cc(OCC(=O)OCC)cc(C(F)(F)F)c1.CO. The van der Waals surface area contributed by atoms with Crippen molar-refractivity contribution >= 4 is 17.9 Å². The summed E-state index contributed by atoms with van der Waals surface area (Å²) in [6, 6.07) is 3.30. The minimum absolute atomic E-state index is 0.0508. The summed E-state index contributed by atoms with van der Waals surface area (Å²) >= 11 is 1.08. The quantitative estimate of drug-likeness (QED) is 0.389. The van der Waals surface area contributed by atoms with Gasteiger partial charge in [0.05, 0.1) is 12.2 Å². The van der Waals surface area contributed by atoms with Crippen LogP contribution in [0.1, 0.15) is 19.4 Å². The topological polar surface area (TPSA) is 68.2 Å². The van der Waals surface area contributed by atoms with Gasteiger partial charge >= 0.3 is 12.1 Å². The van der Waals surface area contributed by atoms with Crippen molar-refractivity contribution in [2.24, 2.45) is 0 Å². The summed E-state index contributed by atoms with van der Waals surface area (Å²) in [7, 11) is 2.69. The zero-order chi connectivity index (χ0) is 20.2. The first kappa shape index (κ1) is 24.5. The van der Waals surface area contributed by atoms with Crippen LogP contribution in [0.4, 0.5) is 13.2 Å². The molecule has 0 atom stereocenters. The maximum Gasteiger partial charge on any atom is 0.416 e. The number of aliphatic hydroxyl groups is 1. The van der Waals surface area contributed by atoms with Crippen LogP contribution in [0.5, 0.6) is 5.75 Å². The maximum absolute atomic E-state index is 13.0. The number of benzene rings is 1. The first-order valence-corrected chi connectivity index (χ1v) is 8.45. The largest absolute Gasteiger partial charge is 0.482 e. The predicted molar refractivity (Wildman–Crippen MR) is 91.8 cm³/mol. The summed E-state index contributed by atoms with van der Waals surface area (Å²) in [6.45, 7) is 3.94. The number of alkyl halides is 3. The van der Waals surface area contributed by atoms with E-state index < -0.39 is 24.3 Å². The highest BCUT2D eigenvalue weighted by Crippen LogP contribution is 2.36. The van der Waals surface area contributed by atoms with Crippen LogP contribution in [0, 0.1) is 0 Å². The number of esters is 1. The molecule has 1 rings (SSSR count). The van der Waals surface area contributed by atoms with Crippen LogP contribution in [-0.2, 0) is 20.4 Å². The average Bonchev–Trinajstić information content (AvgIpc) is 2.59. The van der Waals surface area contributed by atoms with E-state index in [1.807, 2.05) is 6.92 Å². The summed E-state index contributed by atoms with van der Waals surface area (Å²) < 4.78 is 55.7. The Morgan fingerprint density at radius 2 is 1.85 bits per heavy atom. The lowest BCUT2D eigenvalue weighted by atomic mass is 10.2. The van der Waals surface area contributed by atoms with Gasteiger partial charge in [0.15, 0.2) is 6.61 Å². The van der Waals surface area contributed by atoms with Gasteiger partial charge in [0.2, 0.25) is 0 Å². The van der Waals surface area contributed by atoms with Crippen LogP contribution in [0.3, 0.4) is 0 Å². The van der Waals surface area contributed by atoms with Crippen LogP contribution in [0.15, 0.2) is 23.1 Å². The molecule has 0 heterocycles. The van der Waals surface area contributed by atoms with Gasteiger partial charge in [-0.05, 0) is 44.0 Å². The van der Waals surface area contributed by atoms with Gasteiger partial charge in [0, 0.05) is 25.7 Å². The molecule has 1 N–H and O–H groups in total. The van der Waals surface area contributed by atoms with Crippen molar-refractivity contribution in [3.8, 4) is 5.75 Å². The number of ether oxygens (including phenoxy) is 3. The molecule has 26 heavy (non-hydrogen) atoms. The van der Waals surface area contributed by atoms with Crippen molar-refractivity contribution in [3.63, 3.8) is 0 Å². The lowest BCUT2D eigenvalue weighted by Crippen LogP contribution is -2.16. The lowest BCUT2D eigenvalue weighted by Gasteiger charge is -2.17. The Bertz CT molecular complexity index is 543. The first-order valence-electron chi connectivity index (χ1n) is 7.68. The lowest BCUT2D eigenvalue weighted by molar-refractivity contribution is -0.145. The summed E-state index contributed by atoms with van der Waals surface area (Å²) in [6.07, 6.45) is -4.52. The molecule has 0 saturated heterocycles. The van der Waals surface area contributed by atoms with Crippen molar-refractivity contribution in [1.29, 1.82) is 0 Å². The Morgan fingerprint density at radius 3 is 2.38 bits per heavy atom. The zero-order valence-electron chi connectivity index (χ0n) is 15.1. The highest BCUT2D eigenvalue weighted by molar-refractivity contribution is 7.97. The van der Waals surface area contributed by atoms with E-state index in [1.165, 1.54) is 6.07 Å². The Balaban J connectivity index is 0.00000301. The van der Waals surface area contributed by atoms with E-state index in [9.17, 15) is 18.0 Å². The van der Waals surface area contributed by atoms with Crippen molar-refractivity contribution in [1.82, 2.24) is 4.31 Å². The van der Waals surface area contributed by atoms with Crippen LogP contribution in [0.25, 0.3) is 0 Å². The van der Waals surface area contributed by atoms with Gasteiger partial charge in [-0.15, -0.1) is 0 Å². The van der Waals surface area contributed by atoms with Crippen molar-refractivity contribution in [2.75, 3.05) is 40.7 Å². The van der Waals surface area contributed by atoms with E-state index >= 15 is 0 Å². The second-order valence-electron chi connectivity index (χ2n) is 4.63. The molecule has 10 heteroatoms. The van der Waals surface area contributed by atoms with Gasteiger partial charge in [-0.2, -0.15) is 13.2 Å². The fraction of sp³-hybridized carbons (Fsp3) is 0.562. The van der Waals surface area contributed by atoms with E-state index in [0.717, 1.165) is 31.2 Å². The molecular formula is C16H24F3NO5S. The standard InChI is InChI=1S/C15H20F3NO4S.CH4O/c1-4-21-10-19(3)24-13-7-11(15(16,17)18)6-12(8-13)23-9-14(20)22-5-2;1-2/h6-8H,4-5,9-10H2,1-3H3;2H,1H3. The second kappa shape index (κ2) is 12.8. The third-order valence-electron chi connectivity index (χ3n) is 2.61. The van der Waals surface area contributed by atoms with E-state index in [0.29, 0.717) is 11.5 Å². The van der Waals surface area contributed by atoms with E-state index in [4.69, 9.17) is 14.6 Å². The Morgan fingerprint density at radius 1 is 1.19 bits per heavy atom. The number of hydrogen-bond acceptors (Lipinski definition) is 7. The minimum Gasteiger partial charge on any atom is -0.482 e. The molecule has 0 bridgehead atoms. The number of nitrogens with zero attached hydrogens (tertiary/aromatic N) is 1. The van der Waals surface area contributed by atoms with E-state index in [1.54, 1.807) is 18.3 Å². The van der Waals surface area contributed by atoms with Crippen molar-refractivity contribution in [3.05, 3.63) is 23.8 Å². The fourth-order valence-corrected chi connectivity index (χ4v) is 2.48. The number of carbonyl (C=O) groups excluding carboxylic acids is 1. The molecule has 0 aliphatic rings. The molecule has 150 valence electrons. The predicted octanol–water partition coefficient (Wildman–Crippen LogP) is 3.19. The van der Waals surface area contributed by atoms with Crippen LogP contribution in [0.2, 0.25) is 0 Å². The highest BCUT2D eigenvalue weighted by Gasteiger charge is 2.31. The normalized spacial score (nSPS) is 11.0. The van der Waals surface area contributed by atoms with Gasteiger partial charge in [0.1, 0.15) is 12.5 Å². The van der Waals surface area contributed by atoms with Gasteiger partial charge in [-0.1, -0.05) is 0 Å². The zero-order valence-corrected chi connectivity index (χ0v) is 15.9. The fourth-order valence-electron chi connectivity index (χ4n) is 1.64. The van der Waals surface area contributed by atoms with Gasteiger partial charge in [-0.3, -0.25) is 0 Å². The van der Waals surface area contributed by atoms with Gasteiger partial charge < -0.3 is 19.3 Å². The molecule has 1 aromatic rings. The van der Waals surface area contributed by atoms with Crippen molar-refractivity contribution < 1.29 is 37.3 Å². The number of rotatable bonds is 9. The molecular weight excluding hydrogens is 375 g/mol. The molecule has 0 amide bonds. The summed E-state index contributed by atoms with van der Waals surface area (Å²) in [5.74, 6) is -0.692. The molecule has 0 saturated carbocycles. The number of hydrogen-bond donors (Lipinski definition) is 1. The van der Waals surface area contributed by atoms with E-state index in [2.05, 4.69) is 4.74 Å². The summed E-state index contributed by atoms with van der Waals surface area (Å²) in [4.78, 5) is 11.6. The molecule has 0 aliphatic carbocycles. The Labute approximate surface area is 155 Å². The molecule has 0 aromatic heterocycles. The molecule has 1 aromatic carbocycles. The molecule has 0 spiro atoms. The Kier molecular flexibility index (Phi) is 12.1. The average molecular weight is 399 g/mol. The number of halogens is 3. The molecule has 0 aliphatic heterocycles. The van der Waals surface area contributed by atoms with Crippen LogP contribution in [-0.4, -0.2) is 56.1 Å². The van der Waals surface area contributed by atoms with Crippen LogP contribution < -0.4 is 4.74 Å². The van der Waals surface area contributed by atoms with Crippen molar-refractivity contribution in [2.45, 2.75) is 24.9 Å². The molecule has 0 fully saturated rings. The maximum atomic E-state index is 13.0. The van der Waals surface area contributed by atoms with Gasteiger partial charge in [0.25, 0.3) is 0 Å². The Hall–Kier alpha value is -1.49. The molecule has 6 nitrogen and oxygen atoms in total. The number of aliphatic hydroxyl groups excluding tert-OH is 1. The molecule has 0 radical (unpaired) electrons. The monoisotopic (exact) mass is 399 g/mol. The highest BCUT2D eigenvalue weighted by atomic mass is 32.2. The van der Waals surface area contributed by atoms with Gasteiger partial charge in [-0.25, -0.2) is 9.10 Å². The third-order valence-corrected chi connectivity index (χ3v) is 3.47. The van der Waals surface area contributed by atoms with Crippen LogP contribution >= 0.6 is 11.9 Å².